The summed E-state index contributed by atoms with van der Waals surface area (Å²) in [7, 11) is 0. The van der Waals surface area contributed by atoms with E-state index < -0.39 is 0 Å². The highest BCUT2D eigenvalue weighted by atomic mass is 14.7. The van der Waals surface area contributed by atoms with Crippen LogP contribution in [0.5, 0.6) is 0 Å². The molecule has 0 saturated carbocycles. The zero-order valence-electron chi connectivity index (χ0n) is 10.0. The molecular formula is C13H23N. The molecule has 1 rings (SSSR count). The number of rotatable bonds is 5. The van der Waals surface area contributed by atoms with Crippen LogP contribution in [0.4, 0.5) is 0 Å². The van der Waals surface area contributed by atoms with Crippen molar-refractivity contribution in [1.29, 1.82) is 0 Å². The van der Waals surface area contributed by atoms with E-state index in [0.29, 0.717) is 0 Å². The van der Waals surface area contributed by atoms with Crippen LogP contribution in [0.15, 0.2) is 16.8 Å². The number of aliphatic imine (C=N–C) groups is 1. The second-order valence-electron chi connectivity index (χ2n) is 5.19. The van der Waals surface area contributed by atoms with E-state index in [1.807, 2.05) is 0 Å². The molecule has 0 aromatic heterocycles. The predicted octanol–water partition coefficient (Wildman–Crippen LogP) is 4.20. The maximum Gasteiger partial charge on any atom is 0.0263 e. The summed E-state index contributed by atoms with van der Waals surface area (Å²) >= 11 is 0. The summed E-state index contributed by atoms with van der Waals surface area (Å²) in [5.41, 5.74) is 2.92. The SMILES string of the molecule is CC(C)CCC1=NC=C(CC(C)C)C1. The maximum atomic E-state index is 4.50. The molecule has 1 heterocycles. The average Bonchev–Trinajstić information content (AvgIpc) is 2.47. The van der Waals surface area contributed by atoms with Gasteiger partial charge in [-0.15, -0.1) is 0 Å². The van der Waals surface area contributed by atoms with Crippen LogP contribution in [-0.2, 0) is 0 Å². The van der Waals surface area contributed by atoms with Gasteiger partial charge in [-0.3, -0.25) is 4.99 Å². The summed E-state index contributed by atoms with van der Waals surface area (Å²) in [5, 5.41) is 0. The van der Waals surface area contributed by atoms with Crippen molar-refractivity contribution < 1.29 is 0 Å². The highest BCUT2D eigenvalue weighted by molar-refractivity contribution is 5.89. The molecule has 1 heteroatoms. The second kappa shape index (κ2) is 5.33. The summed E-state index contributed by atoms with van der Waals surface area (Å²) in [6, 6.07) is 0. The van der Waals surface area contributed by atoms with Crippen LogP contribution in [0.2, 0.25) is 0 Å². The molecule has 0 amide bonds. The van der Waals surface area contributed by atoms with Crippen molar-refractivity contribution in [2.24, 2.45) is 16.8 Å². The standard InChI is InChI=1S/C13H23N/c1-10(2)5-6-13-8-12(9-14-13)7-11(3)4/h9-11H,5-8H2,1-4H3. The van der Waals surface area contributed by atoms with Crippen LogP contribution < -0.4 is 0 Å². The van der Waals surface area contributed by atoms with E-state index in [1.54, 1.807) is 0 Å². The summed E-state index contributed by atoms with van der Waals surface area (Å²) in [4.78, 5) is 4.50. The maximum absolute atomic E-state index is 4.50. The number of hydrogen-bond acceptors (Lipinski definition) is 1. The highest BCUT2D eigenvalue weighted by Crippen LogP contribution is 2.22. The molecule has 0 saturated heterocycles. The summed E-state index contributed by atoms with van der Waals surface area (Å²) in [5.74, 6) is 1.56. The molecule has 0 spiro atoms. The molecule has 0 bridgehead atoms. The van der Waals surface area contributed by atoms with Crippen LogP contribution in [-0.4, -0.2) is 5.71 Å². The first-order chi connectivity index (χ1) is 6.58. The molecule has 0 radical (unpaired) electrons. The van der Waals surface area contributed by atoms with E-state index in [-0.39, 0.29) is 0 Å². The molecule has 14 heavy (non-hydrogen) atoms. The summed E-state index contributed by atoms with van der Waals surface area (Å²) in [6.45, 7) is 9.09. The fourth-order valence-electron chi connectivity index (χ4n) is 1.79. The van der Waals surface area contributed by atoms with Gasteiger partial charge in [0.15, 0.2) is 0 Å². The Morgan fingerprint density at radius 1 is 1.21 bits per heavy atom. The lowest BCUT2D eigenvalue weighted by molar-refractivity contribution is 0.600. The third-order valence-electron chi connectivity index (χ3n) is 2.54. The fourth-order valence-corrected chi connectivity index (χ4v) is 1.79. The lowest BCUT2D eigenvalue weighted by Crippen LogP contribution is -2.00. The van der Waals surface area contributed by atoms with Gasteiger partial charge in [0, 0.05) is 18.3 Å². The molecule has 1 nitrogen and oxygen atoms in total. The predicted molar refractivity (Wildman–Crippen MR) is 63.7 cm³/mol. The topological polar surface area (TPSA) is 12.4 Å². The van der Waals surface area contributed by atoms with Crippen LogP contribution in [0, 0.1) is 11.8 Å². The van der Waals surface area contributed by atoms with Gasteiger partial charge in [0.25, 0.3) is 0 Å². The van der Waals surface area contributed by atoms with E-state index in [2.05, 4.69) is 38.9 Å². The summed E-state index contributed by atoms with van der Waals surface area (Å²) < 4.78 is 0. The van der Waals surface area contributed by atoms with Crippen molar-refractivity contribution in [2.45, 2.75) is 53.4 Å². The van der Waals surface area contributed by atoms with Crippen molar-refractivity contribution in [1.82, 2.24) is 0 Å². The highest BCUT2D eigenvalue weighted by Gasteiger charge is 2.11. The molecule has 1 aliphatic rings. The average molecular weight is 193 g/mol. The van der Waals surface area contributed by atoms with Crippen LogP contribution in [0.3, 0.4) is 0 Å². The van der Waals surface area contributed by atoms with Crippen molar-refractivity contribution >= 4 is 5.71 Å². The lowest BCUT2D eigenvalue weighted by atomic mass is 9.98. The molecule has 80 valence electrons. The Balaban J connectivity index is 2.23. The third-order valence-corrected chi connectivity index (χ3v) is 2.54. The van der Waals surface area contributed by atoms with Gasteiger partial charge in [0.1, 0.15) is 0 Å². The van der Waals surface area contributed by atoms with Crippen LogP contribution in [0.25, 0.3) is 0 Å². The van der Waals surface area contributed by atoms with Gasteiger partial charge in [0.05, 0.1) is 0 Å². The minimum Gasteiger partial charge on any atom is -0.265 e. The molecule has 0 N–H and O–H groups in total. The van der Waals surface area contributed by atoms with E-state index in [9.17, 15) is 0 Å². The molecule has 0 atom stereocenters. The Labute approximate surface area is 88.3 Å². The number of nitrogens with zero attached hydrogens (tertiary/aromatic N) is 1. The zero-order chi connectivity index (χ0) is 10.6. The first-order valence-corrected chi connectivity index (χ1v) is 5.81. The Morgan fingerprint density at radius 3 is 2.50 bits per heavy atom. The van der Waals surface area contributed by atoms with E-state index in [4.69, 9.17) is 0 Å². The molecule has 0 aromatic rings. The largest absolute Gasteiger partial charge is 0.265 e. The number of allylic oxidation sites excluding steroid dienone is 1. The minimum atomic E-state index is 0.765. The van der Waals surface area contributed by atoms with Gasteiger partial charge in [-0.25, -0.2) is 0 Å². The Morgan fingerprint density at radius 2 is 1.93 bits per heavy atom. The zero-order valence-corrected chi connectivity index (χ0v) is 10.0. The van der Waals surface area contributed by atoms with Crippen LogP contribution >= 0.6 is 0 Å². The Kier molecular flexibility index (Phi) is 4.37. The molecular weight excluding hydrogens is 170 g/mol. The molecule has 1 aliphatic heterocycles. The molecule has 0 unspecified atom stereocenters. The van der Waals surface area contributed by atoms with Gasteiger partial charge in [-0.05, 0) is 36.7 Å². The van der Waals surface area contributed by atoms with Gasteiger partial charge in [-0.1, -0.05) is 27.7 Å². The first kappa shape index (κ1) is 11.5. The van der Waals surface area contributed by atoms with E-state index >= 15 is 0 Å². The third kappa shape index (κ3) is 4.08. The van der Waals surface area contributed by atoms with Gasteiger partial charge < -0.3 is 0 Å². The second-order valence-corrected chi connectivity index (χ2v) is 5.19. The van der Waals surface area contributed by atoms with Gasteiger partial charge in [-0.2, -0.15) is 0 Å². The van der Waals surface area contributed by atoms with Crippen LogP contribution in [0.1, 0.15) is 53.4 Å². The summed E-state index contributed by atoms with van der Waals surface area (Å²) in [6.07, 6.45) is 6.92. The Hall–Kier alpha value is -0.590. The van der Waals surface area contributed by atoms with Gasteiger partial charge in [0.2, 0.25) is 0 Å². The quantitative estimate of drug-likeness (QED) is 0.620. The molecule has 0 fully saturated rings. The minimum absolute atomic E-state index is 0.765. The molecule has 0 aromatic carbocycles. The first-order valence-electron chi connectivity index (χ1n) is 5.81. The van der Waals surface area contributed by atoms with Crippen molar-refractivity contribution in [3.8, 4) is 0 Å². The van der Waals surface area contributed by atoms with E-state index in [0.717, 1.165) is 18.3 Å². The monoisotopic (exact) mass is 193 g/mol. The fraction of sp³-hybridized carbons (Fsp3) is 0.769. The number of hydrogen-bond donors (Lipinski definition) is 0. The lowest BCUT2D eigenvalue weighted by Gasteiger charge is -2.07. The normalized spacial score (nSPS) is 16.4. The Bertz CT molecular complexity index is 234. The van der Waals surface area contributed by atoms with Gasteiger partial charge >= 0.3 is 0 Å². The molecule has 0 aliphatic carbocycles. The van der Waals surface area contributed by atoms with Crippen molar-refractivity contribution in [3.63, 3.8) is 0 Å². The van der Waals surface area contributed by atoms with Crippen molar-refractivity contribution in [2.75, 3.05) is 0 Å². The van der Waals surface area contributed by atoms with Crippen molar-refractivity contribution in [3.05, 3.63) is 11.8 Å². The van der Waals surface area contributed by atoms with E-state index in [1.165, 1.54) is 30.5 Å². The smallest absolute Gasteiger partial charge is 0.0263 e.